The second-order valence-electron chi connectivity index (χ2n) is 6.26. The first kappa shape index (κ1) is 20.0. The van der Waals surface area contributed by atoms with Gasteiger partial charge in [0.25, 0.3) is 5.91 Å². The molecule has 3 N–H and O–H groups in total. The Balaban J connectivity index is 1.55. The molecule has 1 heterocycles. The van der Waals surface area contributed by atoms with Crippen molar-refractivity contribution >= 4 is 52.3 Å². The highest BCUT2D eigenvalue weighted by molar-refractivity contribution is 6.36. The number of carbonyl (C=O) groups excluding carboxylic acids is 3. The summed E-state index contributed by atoms with van der Waals surface area (Å²) >= 11 is 11.8. The van der Waals surface area contributed by atoms with Crippen LogP contribution < -0.4 is 20.7 Å². The van der Waals surface area contributed by atoms with E-state index in [9.17, 15) is 14.4 Å². The van der Waals surface area contributed by atoms with Gasteiger partial charge in [-0.25, -0.2) is 0 Å². The quantitative estimate of drug-likeness (QED) is 0.748. The Hall–Kier alpha value is -2.77. The van der Waals surface area contributed by atoms with E-state index in [0.29, 0.717) is 27.2 Å². The van der Waals surface area contributed by atoms with Crippen LogP contribution in [0.5, 0.6) is 5.75 Å². The Morgan fingerprint density at radius 3 is 2.50 bits per heavy atom. The fourth-order valence-electron chi connectivity index (χ4n) is 2.80. The van der Waals surface area contributed by atoms with E-state index in [1.165, 1.54) is 11.0 Å². The van der Waals surface area contributed by atoms with Gasteiger partial charge in [0.15, 0.2) is 6.61 Å². The van der Waals surface area contributed by atoms with Crippen molar-refractivity contribution in [2.45, 2.75) is 6.42 Å². The highest BCUT2D eigenvalue weighted by Gasteiger charge is 2.33. The number of benzene rings is 2. The van der Waals surface area contributed by atoms with Crippen LogP contribution >= 0.6 is 23.2 Å². The van der Waals surface area contributed by atoms with Crippen LogP contribution in [-0.2, 0) is 14.4 Å². The summed E-state index contributed by atoms with van der Waals surface area (Å²) in [5, 5.41) is 3.43. The second kappa shape index (κ2) is 8.50. The first-order chi connectivity index (χ1) is 13.3. The lowest BCUT2D eigenvalue weighted by Crippen LogP contribution is -2.28. The Morgan fingerprint density at radius 2 is 1.89 bits per heavy atom. The topological polar surface area (TPSA) is 102 Å². The van der Waals surface area contributed by atoms with Crippen LogP contribution in [0.3, 0.4) is 0 Å². The number of anilines is 2. The number of carbonyl (C=O) groups is 3. The molecule has 146 valence electrons. The molecule has 0 saturated carbocycles. The van der Waals surface area contributed by atoms with E-state index in [-0.39, 0.29) is 31.4 Å². The molecule has 3 rings (SSSR count). The van der Waals surface area contributed by atoms with E-state index in [4.69, 9.17) is 33.7 Å². The maximum absolute atomic E-state index is 12.0. The summed E-state index contributed by atoms with van der Waals surface area (Å²) in [7, 11) is 0. The molecule has 2 aromatic rings. The number of nitrogens with one attached hydrogen (secondary N) is 1. The second-order valence-corrected chi connectivity index (χ2v) is 7.11. The maximum atomic E-state index is 12.0. The van der Waals surface area contributed by atoms with Crippen molar-refractivity contribution in [1.29, 1.82) is 0 Å². The summed E-state index contributed by atoms with van der Waals surface area (Å²) in [6.45, 7) is 0.0450. The van der Waals surface area contributed by atoms with E-state index < -0.39 is 11.8 Å². The number of hydrogen-bond acceptors (Lipinski definition) is 4. The molecule has 1 aliphatic rings. The summed E-state index contributed by atoms with van der Waals surface area (Å²) in [5.74, 6) is -1.04. The van der Waals surface area contributed by atoms with E-state index in [0.717, 1.165) is 0 Å². The molecule has 2 aromatic carbocycles. The molecule has 0 radical (unpaired) electrons. The van der Waals surface area contributed by atoms with Gasteiger partial charge in [0.2, 0.25) is 11.8 Å². The Morgan fingerprint density at radius 1 is 1.18 bits per heavy atom. The van der Waals surface area contributed by atoms with Crippen molar-refractivity contribution in [1.82, 2.24) is 0 Å². The van der Waals surface area contributed by atoms with Crippen molar-refractivity contribution in [3.63, 3.8) is 0 Å². The normalized spacial score (nSPS) is 16.1. The molecule has 0 unspecified atom stereocenters. The van der Waals surface area contributed by atoms with E-state index >= 15 is 0 Å². The van der Waals surface area contributed by atoms with Gasteiger partial charge in [-0.1, -0.05) is 23.2 Å². The third-order valence-corrected chi connectivity index (χ3v) is 4.80. The average molecular weight is 422 g/mol. The number of primary amides is 1. The summed E-state index contributed by atoms with van der Waals surface area (Å²) in [4.78, 5) is 36.8. The molecular formula is C19H17Cl2N3O4. The Labute approximate surface area is 171 Å². The molecule has 9 heteroatoms. The maximum Gasteiger partial charge on any atom is 0.262 e. The number of ether oxygens (including phenoxy) is 1. The smallest absolute Gasteiger partial charge is 0.262 e. The molecule has 0 bridgehead atoms. The number of amides is 3. The van der Waals surface area contributed by atoms with Crippen LogP contribution in [0.25, 0.3) is 0 Å². The van der Waals surface area contributed by atoms with Crippen LogP contribution in [-0.4, -0.2) is 30.9 Å². The highest BCUT2D eigenvalue weighted by atomic mass is 35.5. The van der Waals surface area contributed by atoms with Gasteiger partial charge in [-0.3, -0.25) is 14.4 Å². The lowest BCUT2D eigenvalue weighted by Gasteiger charge is -2.16. The zero-order valence-electron chi connectivity index (χ0n) is 14.7. The van der Waals surface area contributed by atoms with Gasteiger partial charge in [-0.15, -0.1) is 0 Å². The van der Waals surface area contributed by atoms with Gasteiger partial charge < -0.3 is 20.7 Å². The zero-order chi connectivity index (χ0) is 20.3. The van der Waals surface area contributed by atoms with Gasteiger partial charge in [0, 0.05) is 23.7 Å². The van der Waals surface area contributed by atoms with Crippen molar-refractivity contribution < 1.29 is 19.1 Å². The lowest BCUT2D eigenvalue weighted by molar-refractivity contribution is -0.123. The molecule has 1 saturated heterocycles. The van der Waals surface area contributed by atoms with E-state index in [2.05, 4.69) is 5.32 Å². The molecular weight excluding hydrogens is 405 g/mol. The molecule has 0 spiro atoms. The summed E-state index contributed by atoms with van der Waals surface area (Å²) < 4.78 is 5.45. The van der Waals surface area contributed by atoms with Crippen molar-refractivity contribution in [2.75, 3.05) is 23.4 Å². The number of halogens is 2. The number of nitrogens with two attached hydrogens (primary N) is 1. The van der Waals surface area contributed by atoms with Crippen LogP contribution in [0, 0.1) is 5.92 Å². The minimum Gasteiger partial charge on any atom is -0.484 e. The van der Waals surface area contributed by atoms with Crippen molar-refractivity contribution in [3.8, 4) is 5.75 Å². The Kier molecular flexibility index (Phi) is 6.06. The molecule has 0 aliphatic carbocycles. The SMILES string of the molecule is NC(=O)[C@@H]1CC(=O)N(c2ccc(OCC(=O)Nc3ccc(Cl)cc3Cl)cc2)C1. The van der Waals surface area contributed by atoms with Gasteiger partial charge in [0.05, 0.1) is 16.6 Å². The predicted molar refractivity (Wildman–Crippen MR) is 107 cm³/mol. The van der Waals surface area contributed by atoms with E-state index in [1.807, 2.05) is 0 Å². The monoisotopic (exact) mass is 421 g/mol. The highest BCUT2D eigenvalue weighted by Crippen LogP contribution is 2.27. The fraction of sp³-hybridized carbons (Fsp3) is 0.211. The first-order valence-corrected chi connectivity index (χ1v) is 9.16. The third-order valence-electron chi connectivity index (χ3n) is 4.25. The van der Waals surface area contributed by atoms with Gasteiger partial charge in [0.1, 0.15) is 5.75 Å². The molecule has 7 nitrogen and oxygen atoms in total. The van der Waals surface area contributed by atoms with Gasteiger partial charge in [-0.2, -0.15) is 0 Å². The molecule has 1 aliphatic heterocycles. The molecule has 0 aromatic heterocycles. The number of nitrogens with zero attached hydrogens (tertiary/aromatic N) is 1. The largest absolute Gasteiger partial charge is 0.484 e. The average Bonchev–Trinajstić information content (AvgIpc) is 3.05. The molecule has 1 fully saturated rings. The fourth-order valence-corrected chi connectivity index (χ4v) is 3.25. The van der Waals surface area contributed by atoms with Crippen LogP contribution in [0.15, 0.2) is 42.5 Å². The molecule has 3 amide bonds. The van der Waals surface area contributed by atoms with Gasteiger partial charge >= 0.3 is 0 Å². The third kappa shape index (κ3) is 4.74. The molecule has 28 heavy (non-hydrogen) atoms. The number of rotatable bonds is 6. The minimum absolute atomic E-state index is 0.112. The standard InChI is InChI=1S/C19H17Cl2N3O4/c20-12-1-6-16(15(21)8-12)23-17(25)10-28-14-4-2-13(3-5-14)24-9-11(19(22)27)7-18(24)26/h1-6,8,11H,7,9-10H2,(H2,22,27)(H,23,25)/t11-/m1/s1. The summed E-state index contributed by atoms with van der Waals surface area (Å²) in [5.41, 5.74) is 6.35. The van der Waals surface area contributed by atoms with Crippen LogP contribution in [0.4, 0.5) is 11.4 Å². The van der Waals surface area contributed by atoms with Crippen molar-refractivity contribution in [3.05, 3.63) is 52.5 Å². The predicted octanol–water partition coefficient (Wildman–Crippen LogP) is 2.85. The summed E-state index contributed by atoms with van der Waals surface area (Å²) in [6.07, 6.45) is 0.112. The number of hydrogen-bond donors (Lipinski definition) is 2. The van der Waals surface area contributed by atoms with Crippen LogP contribution in [0.1, 0.15) is 6.42 Å². The van der Waals surface area contributed by atoms with E-state index in [1.54, 1.807) is 36.4 Å². The lowest BCUT2D eigenvalue weighted by atomic mass is 10.1. The van der Waals surface area contributed by atoms with Crippen molar-refractivity contribution in [2.24, 2.45) is 11.7 Å². The minimum atomic E-state index is -0.484. The zero-order valence-corrected chi connectivity index (χ0v) is 16.2. The first-order valence-electron chi connectivity index (χ1n) is 8.41. The molecule has 1 atom stereocenters. The van der Waals surface area contributed by atoms with Gasteiger partial charge in [-0.05, 0) is 42.5 Å². The van der Waals surface area contributed by atoms with Crippen LogP contribution in [0.2, 0.25) is 10.0 Å². The Bertz CT molecular complexity index is 918. The summed E-state index contributed by atoms with van der Waals surface area (Å²) in [6, 6.07) is 11.4.